The fraction of sp³-hybridized carbons (Fsp3) is 0.350. The molecule has 0 aromatic heterocycles. The van der Waals surface area contributed by atoms with E-state index in [0.717, 1.165) is 29.0 Å². The highest BCUT2D eigenvalue weighted by Gasteiger charge is 2.11. The number of rotatable bonds is 9. The van der Waals surface area contributed by atoms with Crippen molar-refractivity contribution in [1.82, 2.24) is 4.72 Å². The summed E-state index contributed by atoms with van der Waals surface area (Å²) in [7, 11) is -2.07. The molecule has 146 valence electrons. The standard InChI is InChI=1S/C20H26N2O4S/c1-4-13-26-17-8-11-19(15(2)14-17)22-20(23)12-7-16-5-9-18(10-6-16)27(24,25)21-3/h5-6,8-11,14,21H,4,7,12-13H2,1-3H3,(H,22,23). The molecule has 0 saturated carbocycles. The van der Waals surface area contributed by atoms with Gasteiger partial charge in [-0.25, -0.2) is 13.1 Å². The highest BCUT2D eigenvalue weighted by molar-refractivity contribution is 7.89. The third-order valence-corrected chi connectivity index (χ3v) is 5.52. The summed E-state index contributed by atoms with van der Waals surface area (Å²) in [5, 5.41) is 2.91. The van der Waals surface area contributed by atoms with Crippen LogP contribution in [0.2, 0.25) is 0 Å². The molecular formula is C20H26N2O4S. The molecule has 27 heavy (non-hydrogen) atoms. The Morgan fingerprint density at radius 2 is 1.81 bits per heavy atom. The number of carbonyl (C=O) groups is 1. The van der Waals surface area contributed by atoms with E-state index in [-0.39, 0.29) is 10.8 Å². The van der Waals surface area contributed by atoms with Gasteiger partial charge in [-0.05, 0) is 68.3 Å². The van der Waals surface area contributed by atoms with Gasteiger partial charge in [0.05, 0.1) is 11.5 Å². The topological polar surface area (TPSA) is 84.5 Å². The van der Waals surface area contributed by atoms with Crippen LogP contribution in [0.1, 0.15) is 30.9 Å². The third-order valence-electron chi connectivity index (χ3n) is 4.09. The zero-order valence-electron chi connectivity index (χ0n) is 15.9. The number of nitrogens with one attached hydrogen (secondary N) is 2. The molecule has 1 amide bonds. The Kier molecular flexibility index (Phi) is 7.38. The molecule has 0 aliphatic carbocycles. The maximum atomic E-state index is 12.2. The summed E-state index contributed by atoms with van der Waals surface area (Å²) in [5.74, 6) is 0.705. The van der Waals surface area contributed by atoms with E-state index in [4.69, 9.17) is 4.74 Å². The average molecular weight is 391 g/mol. The molecule has 2 N–H and O–H groups in total. The molecule has 0 spiro atoms. The van der Waals surface area contributed by atoms with Gasteiger partial charge in [-0.1, -0.05) is 19.1 Å². The molecule has 0 radical (unpaired) electrons. The van der Waals surface area contributed by atoms with Crippen molar-refractivity contribution in [1.29, 1.82) is 0 Å². The van der Waals surface area contributed by atoms with Gasteiger partial charge in [0.15, 0.2) is 0 Å². The monoisotopic (exact) mass is 390 g/mol. The number of amides is 1. The van der Waals surface area contributed by atoms with Crippen LogP contribution >= 0.6 is 0 Å². The van der Waals surface area contributed by atoms with Crippen molar-refractivity contribution in [2.24, 2.45) is 0 Å². The van der Waals surface area contributed by atoms with E-state index < -0.39 is 10.0 Å². The van der Waals surface area contributed by atoms with Crippen molar-refractivity contribution < 1.29 is 17.9 Å². The van der Waals surface area contributed by atoms with Crippen LogP contribution in [0.15, 0.2) is 47.4 Å². The zero-order chi connectivity index (χ0) is 19.9. The summed E-state index contributed by atoms with van der Waals surface area (Å²) >= 11 is 0. The molecule has 0 bridgehead atoms. The Balaban J connectivity index is 1.91. The first-order chi connectivity index (χ1) is 12.9. The van der Waals surface area contributed by atoms with E-state index in [1.165, 1.54) is 19.2 Å². The van der Waals surface area contributed by atoms with Crippen molar-refractivity contribution in [3.63, 3.8) is 0 Å². The Hall–Kier alpha value is -2.38. The number of ether oxygens (including phenoxy) is 1. The normalized spacial score (nSPS) is 11.2. The molecule has 2 rings (SSSR count). The van der Waals surface area contributed by atoms with Gasteiger partial charge in [0.25, 0.3) is 0 Å². The van der Waals surface area contributed by atoms with Crippen LogP contribution in [0.3, 0.4) is 0 Å². The van der Waals surface area contributed by atoms with E-state index in [1.54, 1.807) is 12.1 Å². The molecule has 0 heterocycles. The lowest BCUT2D eigenvalue weighted by Gasteiger charge is -2.11. The Labute approximate surface area is 161 Å². The molecule has 6 nitrogen and oxygen atoms in total. The predicted molar refractivity (Wildman–Crippen MR) is 107 cm³/mol. The molecule has 0 atom stereocenters. The zero-order valence-corrected chi connectivity index (χ0v) is 16.7. The Bertz CT molecular complexity index is 877. The molecule has 0 fully saturated rings. The SMILES string of the molecule is CCCOc1ccc(NC(=O)CCc2ccc(S(=O)(=O)NC)cc2)c(C)c1. The van der Waals surface area contributed by atoms with Gasteiger partial charge in [0, 0.05) is 12.1 Å². The fourth-order valence-electron chi connectivity index (χ4n) is 2.51. The number of sulfonamides is 1. The van der Waals surface area contributed by atoms with Crippen molar-refractivity contribution in [3.8, 4) is 5.75 Å². The lowest BCUT2D eigenvalue weighted by Crippen LogP contribution is -2.18. The molecular weight excluding hydrogens is 364 g/mol. The molecule has 2 aromatic carbocycles. The largest absolute Gasteiger partial charge is 0.494 e. The molecule has 0 aliphatic heterocycles. The number of anilines is 1. The molecule has 2 aromatic rings. The molecule has 0 unspecified atom stereocenters. The number of hydrogen-bond acceptors (Lipinski definition) is 4. The van der Waals surface area contributed by atoms with E-state index >= 15 is 0 Å². The van der Waals surface area contributed by atoms with Crippen LogP contribution in [0.4, 0.5) is 5.69 Å². The summed E-state index contributed by atoms with van der Waals surface area (Å²) in [5.41, 5.74) is 2.61. The molecule has 0 aliphatic rings. The quantitative estimate of drug-likeness (QED) is 0.688. The summed E-state index contributed by atoms with van der Waals surface area (Å²) < 4.78 is 31.3. The highest BCUT2D eigenvalue weighted by atomic mass is 32.2. The van der Waals surface area contributed by atoms with Crippen LogP contribution in [-0.4, -0.2) is 28.0 Å². The van der Waals surface area contributed by atoms with Crippen molar-refractivity contribution in [2.45, 2.75) is 38.0 Å². The molecule has 7 heteroatoms. The number of benzene rings is 2. The summed E-state index contributed by atoms with van der Waals surface area (Å²) in [4.78, 5) is 12.4. The first-order valence-corrected chi connectivity index (χ1v) is 10.4. The maximum absolute atomic E-state index is 12.2. The summed E-state index contributed by atoms with van der Waals surface area (Å²) in [6.07, 6.45) is 1.79. The van der Waals surface area contributed by atoms with Gasteiger partial charge in [0.1, 0.15) is 5.75 Å². The van der Waals surface area contributed by atoms with E-state index in [2.05, 4.69) is 17.0 Å². The number of hydrogen-bond donors (Lipinski definition) is 2. The van der Waals surface area contributed by atoms with Crippen molar-refractivity contribution in [2.75, 3.05) is 19.0 Å². The minimum absolute atomic E-state index is 0.0905. The number of carbonyl (C=O) groups excluding carboxylic acids is 1. The van der Waals surface area contributed by atoms with Crippen LogP contribution in [0.25, 0.3) is 0 Å². The van der Waals surface area contributed by atoms with E-state index in [0.29, 0.717) is 19.4 Å². The van der Waals surface area contributed by atoms with Gasteiger partial charge in [-0.3, -0.25) is 4.79 Å². The smallest absolute Gasteiger partial charge is 0.240 e. The lowest BCUT2D eigenvalue weighted by atomic mass is 10.1. The lowest BCUT2D eigenvalue weighted by molar-refractivity contribution is -0.116. The van der Waals surface area contributed by atoms with Crippen molar-refractivity contribution in [3.05, 3.63) is 53.6 Å². The van der Waals surface area contributed by atoms with Gasteiger partial charge in [0.2, 0.25) is 15.9 Å². The predicted octanol–water partition coefficient (Wildman–Crippen LogP) is 3.26. The van der Waals surface area contributed by atoms with Gasteiger partial charge in [-0.2, -0.15) is 0 Å². The van der Waals surface area contributed by atoms with E-state index in [9.17, 15) is 13.2 Å². The van der Waals surface area contributed by atoms with E-state index in [1.807, 2.05) is 25.1 Å². The third kappa shape index (κ3) is 6.08. The van der Waals surface area contributed by atoms with Crippen LogP contribution in [-0.2, 0) is 21.2 Å². The number of aryl methyl sites for hydroxylation is 2. The second kappa shape index (κ2) is 9.53. The second-order valence-corrected chi connectivity index (χ2v) is 8.11. The molecule has 0 saturated heterocycles. The van der Waals surface area contributed by atoms with Gasteiger partial charge >= 0.3 is 0 Å². The highest BCUT2D eigenvalue weighted by Crippen LogP contribution is 2.22. The van der Waals surface area contributed by atoms with Crippen LogP contribution in [0.5, 0.6) is 5.75 Å². The summed E-state index contributed by atoms with van der Waals surface area (Å²) in [6, 6.07) is 12.1. The second-order valence-electron chi connectivity index (χ2n) is 6.22. The Morgan fingerprint density at radius 1 is 1.11 bits per heavy atom. The maximum Gasteiger partial charge on any atom is 0.240 e. The first kappa shape index (κ1) is 20.9. The first-order valence-electron chi connectivity index (χ1n) is 8.91. The fourth-order valence-corrected chi connectivity index (χ4v) is 3.24. The van der Waals surface area contributed by atoms with Crippen LogP contribution in [0, 0.1) is 6.92 Å². The van der Waals surface area contributed by atoms with Crippen LogP contribution < -0.4 is 14.8 Å². The van der Waals surface area contributed by atoms with Gasteiger partial charge in [-0.15, -0.1) is 0 Å². The Morgan fingerprint density at radius 3 is 2.41 bits per heavy atom. The minimum atomic E-state index is -3.44. The summed E-state index contributed by atoms with van der Waals surface area (Å²) in [6.45, 7) is 4.64. The minimum Gasteiger partial charge on any atom is -0.494 e. The average Bonchev–Trinajstić information content (AvgIpc) is 2.67. The van der Waals surface area contributed by atoms with Gasteiger partial charge < -0.3 is 10.1 Å². The van der Waals surface area contributed by atoms with Crippen molar-refractivity contribution >= 4 is 21.6 Å².